The molecule has 2 aromatic heterocycles. The van der Waals surface area contributed by atoms with Crippen LogP contribution in [-0.4, -0.2) is 21.7 Å². The van der Waals surface area contributed by atoms with Crippen LogP contribution in [0.2, 0.25) is 0 Å². The SMILES string of the molecule is CC(C)CCc1nc(CN2CCCc3[nH]ncc32)cs1. The van der Waals surface area contributed by atoms with Gasteiger partial charge in [-0.1, -0.05) is 13.8 Å². The van der Waals surface area contributed by atoms with Crippen LogP contribution in [0.15, 0.2) is 11.6 Å². The molecule has 3 heterocycles. The highest BCUT2D eigenvalue weighted by atomic mass is 32.1. The van der Waals surface area contributed by atoms with Gasteiger partial charge in [-0.15, -0.1) is 11.3 Å². The van der Waals surface area contributed by atoms with E-state index in [-0.39, 0.29) is 0 Å². The molecule has 2 aromatic rings. The Bertz CT molecular complexity index is 558. The standard InChI is InChI=1S/C15H22N4S/c1-11(2)5-6-15-17-12(10-20-15)9-19-7-3-4-13-14(19)8-16-18-13/h8,10-11H,3-7,9H2,1-2H3,(H,16,18). The molecule has 20 heavy (non-hydrogen) atoms. The monoisotopic (exact) mass is 290 g/mol. The fourth-order valence-corrected chi connectivity index (χ4v) is 3.44. The topological polar surface area (TPSA) is 44.8 Å². The first-order chi connectivity index (χ1) is 9.72. The molecule has 1 aliphatic rings. The van der Waals surface area contributed by atoms with E-state index >= 15 is 0 Å². The molecule has 3 rings (SSSR count). The lowest BCUT2D eigenvalue weighted by atomic mass is 10.1. The number of H-pyrrole nitrogens is 1. The van der Waals surface area contributed by atoms with Crippen LogP contribution in [0, 0.1) is 5.92 Å². The molecular formula is C15H22N4S. The quantitative estimate of drug-likeness (QED) is 0.918. The van der Waals surface area contributed by atoms with Crippen LogP contribution in [0.1, 0.15) is 43.1 Å². The molecule has 0 aliphatic carbocycles. The minimum Gasteiger partial charge on any atom is -0.363 e. The second-order valence-corrected chi connectivity index (χ2v) is 6.87. The van der Waals surface area contributed by atoms with Crippen molar-refractivity contribution in [3.05, 3.63) is 28.0 Å². The molecule has 5 heteroatoms. The first kappa shape index (κ1) is 13.6. The summed E-state index contributed by atoms with van der Waals surface area (Å²) in [6.45, 7) is 6.54. The molecule has 1 N–H and O–H groups in total. The lowest BCUT2D eigenvalue weighted by Crippen LogP contribution is -2.28. The third-order valence-electron chi connectivity index (χ3n) is 3.78. The highest BCUT2D eigenvalue weighted by Gasteiger charge is 2.19. The average molecular weight is 290 g/mol. The summed E-state index contributed by atoms with van der Waals surface area (Å²) in [4.78, 5) is 7.17. The molecule has 0 atom stereocenters. The fourth-order valence-electron chi connectivity index (χ4n) is 2.64. The number of nitrogens with zero attached hydrogens (tertiary/aromatic N) is 3. The van der Waals surface area contributed by atoms with Crippen molar-refractivity contribution in [1.82, 2.24) is 15.2 Å². The van der Waals surface area contributed by atoms with Crippen molar-refractivity contribution in [2.24, 2.45) is 5.92 Å². The maximum Gasteiger partial charge on any atom is 0.0929 e. The summed E-state index contributed by atoms with van der Waals surface area (Å²) in [6.07, 6.45) is 6.59. The molecule has 0 saturated carbocycles. The van der Waals surface area contributed by atoms with Gasteiger partial charge in [0.15, 0.2) is 0 Å². The fraction of sp³-hybridized carbons (Fsp3) is 0.600. The Morgan fingerprint density at radius 2 is 2.35 bits per heavy atom. The largest absolute Gasteiger partial charge is 0.363 e. The molecule has 0 unspecified atom stereocenters. The van der Waals surface area contributed by atoms with E-state index in [2.05, 4.69) is 34.3 Å². The van der Waals surface area contributed by atoms with Crippen LogP contribution < -0.4 is 4.90 Å². The van der Waals surface area contributed by atoms with Gasteiger partial charge in [-0.2, -0.15) is 5.10 Å². The van der Waals surface area contributed by atoms with Gasteiger partial charge in [0, 0.05) is 11.9 Å². The molecule has 0 saturated heterocycles. The van der Waals surface area contributed by atoms with Gasteiger partial charge in [-0.3, -0.25) is 5.10 Å². The van der Waals surface area contributed by atoms with Crippen molar-refractivity contribution in [1.29, 1.82) is 0 Å². The van der Waals surface area contributed by atoms with Crippen molar-refractivity contribution in [3.63, 3.8) is 0 Å². The number of hydrogen-bond acceptors (Lipinski definition) is 4. The highest BCUT2D eigenvalue weighted by molar-refractivity contribution is 7.09. The number of aryl methyl sites for hydroxylation is 2. The molecule has 1 aliphatic heterocycles. The van der Waals surface area contributed by atoms with Gasteiger partial charge < -0.3 is 4.90 Å². The zero-order valence-electron chi connectivity index (χ0n) is 12.2. The third-order valence-corrected chi connectivity index (χ3v) is 4.74. The number of hydrogen-bond donors (Lipinski definition) is 1. The smallest absolute Gasteiger partial charge is 0.0929 e. The van der Waals surface area contributed by atoms with E-state index in [0.29, 0.717) is 0 Å². The van der Waals surface area contributed by atoms with Crippen LogP contribution in [0.25, 0.3) is 0 Å². The second kappa shape index (κ2) is 5.95. The number of aromatic amines is 1. The van der Waals surface area contributed by atoms with Gasteiger partial charge in [0.1, 0.15) is 0 Å². The molecule has 0 spiro atoms. The summed E-state index contributed by atoms with van der Waals surface area (Å²) in [6, 6.07) is 0. The van der Waals surface area contributed by atoms with Crippen LogP contribution in [-0.2, 0) is 19.4 Å². The second-order valence-electron chi connectivity index (χ2n) is 5.92. The normalized spacial score (nSPS) is 14.8. The summed E-state index contributed by atoms with van der Waals surface area (Å²) < 4.78 is 0. The number of thiazole rings is 1. The number of fused-ring (bicyclic) bond motifs is 1. The van der Waals surface area contributed by atoms with E-state index in [1.807, 2.05) is 6.20 Å². The molecule has 0 bridgehead atoms. The van der Waals surface area contributed by atoms with E-state index < -0.39 is 0 Å². The first-order valence-corrected chi connectivity index (χ1v) is 8.31. The van der Waals surface area contributed by atoms with Gasteiger partial charge in [-0.25, -0.2) is 4.98 Å². The summed E-state index contributed by atoms with van der Waals surface area (Å²) >= 11 is 1.80. The number of aromatic nitrogens is 3. The lowest BCUT2D eigenvalue weighted by Gasteiger charge is -2.27. The Morgan fingerprint density at radius 1 is 1.45 bits per heavy atom. The Kier molecular flexibility index (Phi) is 4.05. The van der Waals surface area contributed by atoms with Crippen molar-refractivity contribution < 1.29 is 0 Å². The maximum absolute atomic E-state index is 4.78. The van der Waals surface area contributed by atoms with Crippen LogP contribution in [0.4, 0.5) is 5.69 Å². The summed E-state index contributed by atoms with van der Waals surface area (Å²) in [5, 5.41) is 10.8. The van der Waals surface area contributed by atoms with E-state index in [1.165, 1.54) is 34.9 Å². The highest BCUT2D eigenvalue weighted by Crippen LogP contribution is 2.26. The van der Waals surface area contributed by atoms with E-state index in [9.17, 15) is 0 Å². The van der Waals surface area contributed by atoms with E-state index in [0.717, 1.165) is 31.8 Å². The zero-order chi connectivity index (χ0) is 13.9. The molecule has 0 aromatic carbocycles. The van der Waals surface area contributed by atoms with Crippen LogP contribution in [0.5, 0.6) is 0 Å². The van der Waals surface area contributed by atoms with Crippen molar-refractivity contribution >= 4 is 17.0 Å². The Morgan fingerprint density at radius 3 is 3.20 bits per heavy atom. The molecular weight excluding hydrogens is 268 g/mol. The minimum absolute atomic E-state index is 0.748. The van der Waals surface area contributed by atoms with E-state index in [1.54, 1.807) is 11.3 Å². The molecule has 0 amide bonds. The molecule has 0 radical (unpaired) electrons. The molecule has 4 nitrogen and oxygen atoms in total. The van der Waals surface area contributed by atoms with Crippen LogP contribution in [0.3, 0.4) is 0 Å². The molecule has 108 valence electrons. The minimum atomic E-state index is 0.748. The number of rotatable bonds is 5. The third kappa shape index (κ3) is 3.03. The van der Waals surface area contributed by atoms with Crippen LogP contribution >= 0.6 is 11.3 Å². The number of anilines is 1. The Balaban J connectivity index is 1.64. The summed E-state index contributed by atoms with van der Waals surface area (Å²) in [7, 11) is 0. The van der Waals surface area contributed by atoms with E-state index in [4.69, 9.17) is 4.98 Å². The van der Waals surface area contributed by atoms with Crippen molar-refractivity contribution in [2.75, 3.05) is 11.4 Å². The lowest BCUT2D eigenvalue weighted by molar-refractivity contribution is 0.584. The van der Waals surface area contributed by atoms with Gasteiger partial charge >= 0.3 is 0 Å². The summed E-state index contributed by atoms with van der Waals surface area (Å²) in [5.41, 5.74) is 3.72. The van der Waals surface area contributed by atoms with Gasteiger partial charge in [0.25, 0.3) is 0 Å². The van der Waals surface area contributed by atoms with Gasteiger partial charge in [0.05, 0.1) is 34.8 Å². The number of nitrogens with one attached hydrogen (secondary N) is 1. The van der Waals surface area contributed by atoms with Crippen molar-refractivity contribution in [3.8, 4) is 0 Å². The molecule has 0 fully saturated rings. The van der Waals surface area contributed by atoms with Crippen molar-refractivity contribution in [2.45, 2.75) is 46.1 Å². The zero-order valence-corrected chi connectivity index (χ0v) is 13.0. The first-order valence-electron chi connectivity index (χ1n) is 7.43. The maximum atomic E-state index is 4.78. The predicted molar refractivity (Wildman–Crippen MR) is 83.2 cm³/mol. The van der Waals surface area contributed by atoms with Gasteiger partial charge in [-0.05, 0) is 31.6 Å². The Labute approximate surface area is 124 Å². The summed E-state index contributed by atoms with van der Waals surface area (Å²) in [5.74, 6) is 0.748. The predicted octanol–water partition coefficient (Wildman–Crippen LogP) is 3.41. The van der Waals surface area contributed by atoms with Gasteiger partial charge in [0.2, 0.25) is 0 Å². The average Bonchev–Trinajstić information content (AvgIpc) is 3.05. The Hall–Kier alpha value is -1.36.